The number of halogens is 2. The molecule has 26 heavy (non-hydrogen) atoms. The summed E-state index contributed by atoms with van der Waals surface area (Å²) in [7, 11) is 1.53. The van der Waals surface area contributed by atoms with Crippen LogP contribution in [0.2, 0.25) is 5.02 Å². The Morgan fingerprint density at radius 1 is 1.23 bits per heavy atom. The third kappa shape index (κ3) is 5.93. The van der Waals surface area contributed by atoms with Crippen molar-refractivity contribution >= 4 is 45.0 Å². The number of rotatable bonds is 7. The maximum atomic E-state index is 12.3. The molecule has 2 aromatic carbocycles. The van der Waals surface area contributed by atoms with Crippen LogP contribution in [-0.2, 0) is 9.59 Å². The van der Waals surface area contributed by atoms with Crippen LogP contribution in [0, 0.1) is 0 Å². The van der Waals surface area contributed by atoms with E-state index in [-0.39, 0.29) is 18.4 Å². The second kappa shape index (κ2) is 9.45. The number of hydrogen-bond acceptors (Lipinski definition) is 4. The van der Waals surface area contributed by atoms with Crippen LogP contribution in [0.4, 0.5) is 5.69 Å². The summed E-state index contributed by atoms with van der Waals surface area (Å²) in [5.74, 6) is 0.422. The number of nitrogens with one attached hydrogen (secondary N) is 2. The lowest BCUT2D eigenvalue weighted by Gasteiger charge is -2.16. The van der Waals surface area contributed by atoms with Gasteiger partial charge in [-0.1, -0.05) is 17.7 Å². The van der Waals surface area contributed by atoms with E-state index in [0.717, 1.165) is 0 Å². The van der Waals surface area contributed by atoms with Gasteiger partial charge in [0.05, 0.1) is 4.47 Å². The van der Waals surface area contributed by atoms with E-state index in [4.69, 9.17) is 21.1 Å². The van der Waals surface area contributed by atoms with Gasteiger partial charge in [0.2, 0.25) is 0 Å². The summed E-state index contributed by atoms with van der Waals surface area (Å²) in [5.41, 5.74) is 0.537. The summed E-state index contributed by atoms with van der Waals surface area (Å²) in [6.45, 7) is 1.54. The number of hydrogen-bond donors (Lipinski definition) is 2. The Hall–Kier alpha value is -2.25. The fourth-order valence-corrected chi connectivity index (χ4v) is 2.72. The van der Waals surface area contributed by atoms with Crippen LogP contribution in [0.3, 0.4) is 0 Å². The Kier molecular flexibility index (Phi) is 7.29. The van der Waals surface area contributed by atoms with Crippen molar-refractivity contribution in [3.05, 3.63) is 52.0 Å². The number of benzene rings is 2. The van der Waals surface area contributed by atoms with E-state index >= 15 is 0 Å². The molecule has 6 nitrogen and oxygen atoms in total. The van der Waals surface area contributed by atoms with E-state index < -0.39 is 6.10 Å². The van der Waals surface area contributed by atoms with Crippen LogP contribution in [0.5, 0.6) is 11.5 Å². The summed E-state index contributed by atoms with van der Waals surface area (Å²) in [6.07, 6.45) is -0.733. The molecule has 0 saturated heterocycles. The van der Waals surface area contributed by atoms with Crippen molar-refractivity contribution in [2.24, 2.45) is 0 Å². The smallest absolute Gasteiger partial charge is 0.265 e. The van der Waals surface area contributed by atoms with Crippen molar-refractivity contribution in [1.29, 1.82) is 0 Å². The molecule has 138 valence electrons. The second-order valence-electron chi connectivity index (χ2n) is 5.31. The lowest BCUT2D eigenvalue weighted by atomic mass is 10.2. The summed E-state index contributed by atoms with van der Waals surface area (Å²) >= 11 is 9.24. The first kappa shape index (κ1) is 20.1. The summed E-state index contributed by atoms with van der Waals surface area (Å²) in [4.78, 5) is 23.6. The minimum Gasteiger partial charge on any atom is -0.484 e. The molecular weight excluding hydrogens is 424 g/mol. The average molecular weight is 442 g/mol. The molecule has 8 heteroatoms. The van der Waals surface area contributed by atoms with Gasteiger partial charge in [-0.3, -0.25) is 9.59 Å². The Balaban J connectivity index is 1.96. The molecule has 0 heterocycles. The molecule has 2 aromatic rings. The van der Waals surface area contributed by atoms with Crippen LogP contribution in [0.15, 0.2) is 46.9 Å². The van der Waals surface area contributed by atoms with Crippen molar-refractivity contribution in [3.8, 4) is 11.5 Å². The molecule has 1 atom stereocenters. The van der Waals surface area contributed by atoms with Gasteiger partial charge in [0.15, 0.2) is 12.7 Å². The first-order chi connectivity index (χ1) is 12.4. The van der Waals surface area contributed by atoms with Crippen LogP contribution >= 0.6 is 27.5 Å². The van der Waals surface area contributed by atoms with Crippen molar-refractivity contribution in [1.82, 2.24) is 5.32 Å². The number of amides is 2. The van der Waals surface area contributed by atoms with E-state index in [1.54, 1.807) is 49.4 Å². The van der Waals surface area contributed by atoms with Crippen LogP contribution in [0.1, 0.15) is 6.92 Å². The molecule has 0 aliphatic carbocycles. The SMILES string of the molecule is CNC(=O)COc1cccc(NC(=O)C(C)Oc2ccc(Cl)cc2Br)c1. The Morgan fingerprint density at radius 3 is 2.69 bits per heavy atom. The van der Waals surface area contributed by atoms with Gasteiger partial charge in [-0.2, -0.15) is 0 Å². The summed E-state index contributed by atoms with van der Waals surface area (Å²) in [5, 5.41) is 5.78. The highest BCUT2D eigenvalue weighted by Gasteiger charge is 2.16. The van der Waals surface area contributed by atoms with E-state index in [0.29, 0.717) is 26.7 Å². The second-order valence-corrected chi connectivity index (χ2v) is 6.60. The summed E-state index contributed by atoms with van der Waals surface area (Å²) < 4.78 is 11.7. The Bertz CT molecular complexity index is 801. The molecule has 0 aromatic heterocycles. The van der Waals surface area contributed by atoms with Crippen molar-refractivity contribution in [2.45, 2.75) is 13.0 Å². The molecule has 0 aliphatic heterocycles. The van der Waals surface area contributed by atoms with Crippen molar-refractivity contribution in [3.63, 3.8) is 0 Å². The zero-order valence-electron chi connectivity index (χ0n) is 14.2. The van der Waals surface area contributed by atoms with Crippen LogP contribution in [0.25, 0.3) is 0 Å². The average Bonchev–Trinajstić information content (AvgIpc) is 2.62. The Morgan fingerprint density at radius 2 is 2.00 bits per heavy atom. The van der Waals surface area contributed by atoms with E-state index in [1.807, 2.05) is 0 Å². The molecular formula is C18H18BrClN2O4. The topological polar surface area (TPSA) is 76.7 Å². The van der Waals surface area contributed by atoms with E-state index in [9.17, 15) is 9.59 Å². The molecule has 2 amide bonds. The maximum absolute atomic E-state index is 12.3. The molecule has 2 rings (SSSR count). The van der Waals surface area contributed by atoms with Gasteiger partial charge >= 0.3 is 0 Å². The molecule has 0 aliphatic rings. The molecule has 0 saturated carbocycles. The van der Waals surface area contributed by atoms with E-state index in [1.165, 1.54) is 7.05 Å². The zero-order chi connectivity index (χ0) is 19.1. The number of anilines is 1. The maximum Gasteiger partial charge on any atom is 0.265 e. The Labute approximate surface area is 164 Å². The molecule has 0 fully saturated rings. The first-order valence-corrected chi connectivity index (χ1v) is 8.92. The monoisotopic (exact) mass is 440 g/mol. The molecule has 0 radical (unpaired) electrons. The van der Waals surface area contributed by atoms with Gasteiger partial charge in [-0.15, -0.1) is 0 Å². The van der Waals surface area contributed by atoms with Gasteiger partial charge in [0.1, 0.15) is 11.5 Å². The highest BCUT2D eigenvalue weighted by Crippen LogP contribution is 2.29. The molecule has 1 unspecified atom stereocenters. The highest BCUT2D eigenvalue weighted by molar-refractivity contribution is 9.10. The lowest BCUT2D eigenvalue weighted by Crippen LogP contribution is -2.30. The number of carbonyl (C=O) groups excluding carboxylic acids is 2. The predicted octanol–water partition coefficient (Wildman–Crippen LogP) is 3.63. The standard InChI is InChI=1S/C18H18BrClN2O4/c1-11(26-16-7-6-12(20)8-15(16)19)18(24)22-13-4-3-5-14(9-13)25-10-17(23)21-2/h3-9,11H,10H2,1-2H3,(H,21,23)(H,22,24). The molecule has 0 bridgehead atoms. The van der Waals surface area contributed by atoms with Gasteiger partial charge < -0.3 is 20.1 Å². The quantitative estimate of drug-likeness (QED) is 0.688. The first-order valence-electron chi connectivity index (χ1n) is 7.75. The fourth-order valence-electron chi connectivity index (χ4n) is 1.94. The van der Waals surface area contributed by atoms with E-state index in [2.05, 4.69) is 26.6 Å². The van der Waals surface area contributed by atoms with Gasteiger partial charge in [0, 0.05) is 23.8 Å². The largest absolute Gasteiger partial charge is 0.484 e. The minimum atomic E-state index is -0.733. The summed E-state index contributed by atoms with van der Waals surface area (Å²) in [6, 6.07) is 11.8. The van der Waals surface area contributed by atoms with Crippen molar-refractivity contribution in [2.75, 3.05) is 19.0 Å². The third-order valence-corrected chi connectivity index (χ3v) is 4.17. The zero-order valence-corrected chi connectivity index (χ0v) is 16.6. The van der Waals surface area contributed by atoms with Crippen molar-refractivity contribution < 1.29 is 19.1 Å². The predicted molar refractivity (Wildman–Crippen MR) is 104 cm³/mol. The lowest BCUT2D eigenvalue weighted by molar-refractivity contribution is -0.123. The normalized spacial score (nSPS) is 11.4. The van der Waals surface area contributed by atoms with Crippen LogP contribution < -0.4 is 20.1 Å². The number of likely N-dealkylation sites (N-methyl/N-ethyl adjacent to an activating group) is 1. The third-order valence-electron chi connectivity index (χ3n) is 3.32. The molecule has 0 spiro atoms. The van der Waals surface area contributed by atoms with Gasteiger partial charge in [-0.05, 0) is 53.2 Å². The minimum absolute atomic E-state index is 0.0992. The van der Waals surface area contributed by atoms with Crippen LogP contribution in [-0.4, -0.2) is 31.6 Å². The number of carbonyl (C=O) groups is 2. The van der Waals surface area contributed by atoms with Gasteiger partial charge in [-0.25, -0.2) is 0 Å². The number of ether oxygens (including phenoxy) is 2. The fraction of sp³-hybridized carbons (Fsp3) is 0.222. The highest BCUT2D eigenvalue weighted by atomic mass is 79.9. The van der Waals surface area contributed by atoms with Gasteiger partial charge in [0.25, 0.3) is 11.8 Å². The molecule has 2 N–H and O–H groups in total.